The van der Waals surface area contributed by atoms with Crippen molar-refractivity contribution in [1.29, 1.82) is 5.26 Å². The average Bonchev–Trinajstić information content (AvgIpc) is 3.45. The fourth-order valence-corrected chi connectivity index (χ4v) is 9.91. The molecule has 4 saturated carbocycles. The average molecular weight is 546 g/mol. The van der Waals surface area contributed by atoms with Crippen molar-refractivity contribution in [3.63, 3.8) is 0 Å². The summed E-state index contributed by atoms with van der Waals surface area (Å²) in [5.74, 6) is -0.396. The molecule has 39 heavy (non-hydrogen) atoms. The molecule has 6 aliphatic rings. The first-order valence-corrected chi connectivity index (χ1v) is 14.8. The summed E-state index contributed by atoms with van der Waals surface area (Å²) in [4.78, 5) is 11.8. The lowest BCUT2D eigenvalue weighted by molar-refractivity contribution is -0.286. The Morgan fingerprint density at radius 1 is 1.10 bits per heavy atom. The maximum Gasteiger partial charge on any atom is 0.331 e. The van der Waals surface area contributed by atoms with Gasteiger partial charge >= 0.3 is 5.97 Å². The predicted octanol–water partition coefficient (Wildman–Crippen LogP) is 2.76. The number of cyclic esters (lactones) is 1. The first kappa shape index (κ1) is 27.6. The Labute approximate surface area is 230 Å². The third-order valence-electron chi connectivity index (χ3n) is 12.0. The lowest BCUT2D eigenvalue weighted by atomic mass is 9.41. The highest BCUT2D eigenvalue weighted by Crippen LogP contribution is 2.70. The van der Waals surface area contributed by atoms with Crippen LogP contribution in [0.3, 0.4) is 0 Å². The molecule has 2 heterocycles. The van der Waals surface area contributed by atoms with Gasteiger partial charge in [-0.25, -0.2) is 4.79 Å². The second-order valence-corrected chi connectivity index (χ2v) is 13.4. The number of methoxy groups -OCH3 is 1. The van der Waals surface area contributed by atoms with Crippen molar-refractivity contribution in [2.45, 2.75) is 120 Å². The van der Waals surface area contributed by atoms with E-state index in [0.717, 1.165) is 24.8 Å². The predicted molar refractivity (Wildman–Crippen MR) is 138 cm³/mol. The standard InChI is InChI=1S/C30H43NO8/c1-17-26(33)23(36-3)13-25(38-17)39-19-4-9-28(16-31)21-5-8-27(2)20(18-12-24(32)37-15-18)7-11-30(27,35)22(21)6-10-29(28,34)14-19/h12,17,19-23,25-26,33-35H,4-11,13-15H2,1-3H3/t17-,19+,20-,21-,22+,23+,25-,26+,27+,28-,29-,30-/m0/s1. The summed E-state index contributed by atoms with van der Waals surface area (Å²) < 4.78 is 22.9. The first-order chi connectivity index (χ1) is 18.5. The third-order valence-corrected chi connectivity index (χ3v) is 12.0. The molecule has 6 rings (SSSR count). The topological polar surface area (TPSA) is 138 Å². The highest BCUT2D eigenvalue weighted by Gasteiger charge is 2.72. The molecule has 9 nitrogen and oxygen atoms in total. The number of fused-ring (bicyclic) bond motifs is 5. The van der Waals surface area contributed by atoms with Crippen molar-refractivity contribution >= 4 is 5.97 Å². The minimum Gasteiger partial charge on any atom is -0.458 e. The van der Waals surface area contributed by atoms with Crippen LogP contribution in [0.1, 0.15) is 78.1 Å². The van der Waals surface area contributed by atoms with Gasteiger partial charge in [0.1, 0.15) is 12.7 Å². The van der Waals surface area contributed by atoms with Crippen molar-refractivity contribution in [3.05, 3.63) is 11.6 Å². The number of carbonyl (C=O) groups excluding carboxylic acids is 1. The number of carbonyl (C=O) groups is 1. The molecule has 216 valence electrons. The van der Waals surface area contributed by atoms with Crippen molar-refractivity contribution in [2.75, 3.05) is 13.7 Å². The molecule has 0 bridgehead atoms. The minimum atomic E-state index is -1.21. The molecule has 0 aromatic carbocycles. The van der Waals surface area contributed by atoms with E-state index in [2.05, 4.69) is 13.0 Å². The maximum atomic E-state index is 12.4. The summed E-state index contributed by atoms with van der Waals surface area (Å²) in [7, 11) is 1.57. The molecule has 0 aromatic rings. The van der Waals surface area contributed by atoms with Crippen molar-refractivity contribution in [2.24, 2.45) is 28.6 Å². The summed E-state index contributed by atoms with van der Waals surface area (Å²) in [6.07, 6.45) is 5.21. The van der Waals surface area contributed by atoms with Crippen molar-refractivity contribution in [3.8, 4) is 6.07 Å². The van der Waals surface area contributed by atoms with Gasteiger partial charge in [-0.3, -0.25) is 0 Å². The molecular formula is C30H43NO8. The molecule has 2 aliphatic heterocycles. The van der Waals surface area contributed by atoms with E-state index in [1.807, 2.05) is 0 Å². The Morgan fingerprint density at radius 3 is 2.56 bits per heavy atom. The van der Waals surface area contributed by atoms with Gasteiger partial charge in [-0.15, -0.1) is 0 Å². The number of rotatable bonds is 4. The van der Waals surface area contributed by atoms with Gasteiger partial charge < -0.3 is 34.3 Å². The fraction of sp³-hybridized carbons (Fsp3) is 0.867. The van der Waals surface area contributed by atoms with E-state index in [-0.39, 0.29) is 35.9 Å². The summed E-state index contributed by atoms with van der Waals surface area (Å²) in [5.41, 5.74) is -2.50. The lowest BCUT2D eigenvalue weighted by Crippen LogP contribution is -2.68. The van der Waals surface area contributed by atoms with E-state index in [0.29, 0.717) is 51.6 Å². The number of ether oxygens (including phenoxy) is 4. The Kier molecular flexibility index (Phi) is 6.73. The lowest BCUT2D eigenvalue weighted by Gasteiger charge is -2.64. The molecule has 0 spiro atoms. The van der Waals surface area contributed by atoms with Gasteiger partial charge in [-0.1, -0.05) is 6.92 Å². The normalized spacial score (nSPS) is 53.2. The molecule has 0 radical (unpaired) electrons. The van der Waals surface area contributed by atoms with Gasteiger partial charge in [0, 0.05) is 31.4 Å². The zero-order valence-electron chi connectivity index (χ0n) is 23.3. The van der Waals surface area contributed by atoms with Gasteiger partial charge in [0.05, 0.1) is 41.0 Å². The Morgan fingerprint density at radius 2 is 1.87 bits per heavy atom. The number of hydrogen-bond donors (Lipinski definition) is 3. The van der Waals surface area contributed by atoms with E-state index in [1.54, 1.807) is 20.1 Å². The van der Waals surface area contributed by atoms with Gasteiger partial charge in [0.15, 0.2) is 6.29 Å². The van der Waals surface area contributed by atoms with Crippen LogP contribution in [0.15, 0.2) is 11.6 Å². The van der Waals surface area contributed by atoms with Crippen LogP contribution in [0.4, 0.5) is 0 Å². The molecule has 4 aliphatic carbocycles. The van der Waals surface area contributed by atoms with Gasteiger partial charge in [0.25, 0.3) is 0 Å². The molecule has 0 amide bonds. The van der Waals surface area contributed by atoms with Crippen molar-refractivity contribution in [1.82, 2.24) is 0 Å². The van der Waals surface area contributed by atoms with Gasteiger partial charge in [-0.2, -0.15) is 5.26 Å². The molecule has 0 unspecified atom stereocenters. The summed E-state index contributed by atoms with van der Waals surface area (Å²) in [5, 5.41) is 45.6. The van der Waals surface area contributed by atoms with Crippen molar-refractivity contribution < 1.29 is 39.1 Å². The second-order valence-electron chi connectivity index (χ2n) is 13.4. The number of hydrogen-bond acceptors (Lipinski definition) is 9. The van der Waals surface area contributed by atoms with E-state index >= 15 is 0 Å². The zero-order chi connectivity index (χ0) is 27.8. The number of esters is 1. The highest BCUT2D eigenvalue weighted by atomic mass is 16.7. The first-order valence-electron chi connectivity index (χ1n) is 14.8. The van der Waals surface area contributed by atoms with Crippen LogP contribution in [-0.4, -0.2) is 76.9 Å². The maximum absolute atomic E-state index is 12.4. The smallest absolute Gasteiger partial charge is 0.331 e. The van der Waals surface area contributed by atoms with E-state index in [4.69, 9.17) is 18.9 Å². The van der Waals surface area contributed by atoms with E-state index in [9.17, 15) is 25.4 Å². The highest BCUT2D eigenvalue weighted by molar-refractivity contribution is 5.85. The van der Waals surface area contributed by atoms with Crippen LogP contribution < -0.4 is 0 Å². The van der Waals surface area contributed by atoms with Crippen LogP contribution in [0.25, 0.3) is 0 Å². The summed E-state index contributed by atoms with van der Waals surface area (Å²) >= 11 is 0. The Hall–Kier alpha value is -1.54. The Balaban J connectivity index is 1.21. The SMILES string of the molecule is CO[C@@H]1C[C@H](O[C@@H]2CC[C@]3(C#N)[C@H]4CC[C@]5(C)[C@H](C6=CC(=O)OC6)CC[C@]5(O)[C@@H]4CC[C@]3(O)C2)O[C@@H](C)[C@H]1O. The monoisotopic (exact) mass is 545 g/mol. The number of aliphatic hydroxyl groups is 3. The second kappa shape index (κ2) is 9.50. The van der Waals surface area contributed by atoms with Gasteiger partial charge in [-0.05, 0) is 81.6 Å². The third kappa shape index (κ3) is 3.89. The molecule has 12 atom stereocenters. The molecule has 1 saturated heterocycles. The molecule has 9 heteroatoms. The molecular weight excluding hydrogens is 502 g/mol. The summed E-state index contributed by atoms with van der Waals surface area (Å²) in [6.45, 7) is 4.26. The minimum absolute atomic E-state index is 0.0799. The van der Waals surface area contributed by atoms with E-state index in [1.165, 1.54) is 0 Å². The molecule has 3 N–H and O–H groups in total. The van der Waals surface area contributed by atoms with Crippen LogP contribution in [0, 0.1) is 39.9 Å². The quantitative estimate of drug-likeness (QED) is 0.359. The van der Waals surface area contributed by atoms with E-state index < -0.39 is 40.5 Å². The largest absolute Gasteiger partial charge is 0.458 e. The van der Waals surface area contributed by atoms with Crippen LogP contribution >= 0.6 is 0 Å². The number of aliphatic hydroxyl groups excluding tert-OH is 1. The van der Waals surface area contributed by atoms with Gasteiger partial charge in [0.2, 0.25) is 0 Å². The molecule has 0 aromatic heterocycles. The molecule has 5 fully saturated rings. The van der Waals surface area contributed by atoms with Crippen LogP contribution in [0.2, 0.25) is 0 Å². The van der Waals surface area contributed by atoms with Crippen LogP contribution in [0.5, 0.6) is 0 Å². The zero-order valence-corrected chi connectivity index (χ0v) is 23.3. The Bertz CT molecular complexity index is 1070. The number of nitrogens with zero attached hydrogens (tertiary/aromatic N) is 1. The van der Waals surface area contributed by atoms with Crippen LogP contribution in [-0.2, 0) is 23.7 Å². The fourth-order valence-electron chi connectivity index (χ4n) is 9.91. The summed E-state index contributed by atoms with van der Waals surface area (Å²) in [6, 6.07) is 2.62. The number of nitriles is 1.